The first-order valence-electron chi connectivity index (χ1n) is 7.57. The van der Waals surface area contributed by atoms with Crippen molar-refractivity contribution in [2.75, 3.05) is 6.54 Å². The Morgan fingerprint density at radius 3 is 2.71 bits per heavy atom. The molecule has 0 aromatic carbocycles. The SMILES string of the molecule is CCc1nn(C)cc1C(CN)N(Cc1cccs1)C(C)C. The highest BCUT2D eigenvalue weighted by atomic mass is 32.1. The Morgan fingerprint density at radius 1 is 1.43 bits per heavy atom. The molecule has 21 heavy (non-hydrogen) atoms. The molecule has 116 valence electrons. The summed E-state index contributed by atoms with van der Waals surface area (Å²) in [5.41, 5.74) is 8.56. The van der Waals surface area contributed by atoms with Crippen molar-refractivity contribution >= 4 is 11.3 Å². The molecule has 2 rings (SSSR count). The van der Waals surface area contributed by atoms with Crippen LogP contribution in [0.3, 0.4) is 0 Å². The summed E-state index contributed by atoms with van der Waals surface area (Å²) < 4.78 is 1.90. The Morgan fingerprint density at radius 2 is 2.19 bits per heavy atom. The van der Waals surface area contributed by atoms with Crippen LogP contribution in [0, 0.1) is 0 Å². The van der Waals surface area contributed by atoms with E-state index in [4.69, 9.17) is 5.73 Å². The second-order valence-electron chi connectivity index (χ2n) is 5.66. The molecule has 1 atom stereocenters. The van der Waals surface area contributed by atoms with Crippen LogP contribution in [-0.4, -0.2) is 27.3 Å². The maximum absolute atomic E-state index is 6.13. The van der Waals surface area contributed by atoms with Crippen LogP contribution in [-0.2, 0) is 20.0 Å². The van der Waals surface area contributed by atoms with E-state index in [1.54, 1.807) is 11.3 Å². The minimum absolute atomic E-state index is 0.218. The number of nitrogens with zero attached hydrogens (tertiary/aromatic N) is 3. The molecule has 0 fully saturated rings. The van der Waals surface area contributed by atoms with Crippen LogP contribution in [0.1, 0.15) is 42.9 Å². The molecule has 2 N–H and O–H groups in total. The molecule has 0 aliphatic rings. The van der Waals surface area contributed by atoms with Crippen molar-refractivity contribution in [3.8, 4) is 0 Å². The first-order valence-corrected chi connectivity index (χ1v) is 8.45. The smallest absolute Gasteiger partial charge is 0.0670 e. The quantitative estimate of drug-likeness (QED) is 0.855. The highest BCUT2D eigenvalue weighted by molar-refractivity contribution is 7.09. The standard InChI is InChI=1S/C16H26N4S/c1-5-15-14(11-19(4)18-15)16(9-17)20(12(2)3)10-13-7-6-8-21-13/h6-8,11-12,16H,5,9-10,17H2,1-4H3. The molecule has 0 amide bonds. The Kier molecular flexibility index (Phi) is 5.56. The van der Waals surface area contributed by atoms with Gasteiger partial charge in [-0.3, -0.25) is 9.58 Å². The molecule has 2 aromatic heterocycles. The number of hydrogen-bond donors (Lipinski definition) is 1. The lowest BCUT2D eigenvalue weighted by Gasteiger charge is -2.34. The second kappa shape index (κ2) is 7.20. The van der Waals surface area contributed by atoms with Crippen LogP contribution >= 0.6 is 11.3 Å². The first-order chi connectivity index (χ1) is 10.1. The molecule has 0 saturated heterocycles. The summed E-state index contributed by atoms with van der Waals surface area (Å²) in [4.78, 5) is 3.85. The Labute approximate surface area is 131 Å². The summed E-state index contributed by atoms with van der Waals surface area (Å²) in [6.45, 7) is 8.17. The zero-order valence-corrected chi connectivity index (χ0v) is 14.2. The van der Waals surface area contributed by atoms with Gasteiger partial charge in [-0.25, -0.2) is 0 Å². The monoisotopic (exact) mass is 306 g/mol. The van der Waals surface area contributed by atoms with Crippen LogP contribution in [0.15, 0.2) is 23.7 Å². The molecule has 0 saturated carbocycles. The van der Waals surface area contributed by atoms with E-state index < -0.39 is 0 Å². The fraction of sp³-hybridized carbons (Fsp3) is 0.562. The summed E-state index contributed by atoms with van der Waals surface area (Å²) >= 11 is 1.80. The van der Waals surface area contributed by atoms with Crippen molar-refractivity contribution in [1.29, 1.82) is 0 Å². The normalized spacial score (nSPS) is 13.3. The van der Waals surface area contributed by atoms with Gasteiger partial charge in [-0.15, -0.1) is 11.3 Å². The van der Waals surface area contributed by atoms with Crippen molar-refractivity contribution < 1.29 is 0 Å². The van der Waals surface area contributed by atoms with Gasteiger partial charge in [0.1, 0.15) is 0 Å². The van der Waals surface area contributed by atoms with Crippen LogP contribution in [0.5, 0.6) is 0 Å². The number of thiophene rings is 1. The second-order valence-corrected chi connectivity index (χ2v) is 6.69. The topological polar surface area (TPSA) is 47.1 Å². The highest BCUT2D eigenvalue weighted by Crippen LogP contribution is 2.27. The maximum atomic E-state index is 6.13. The fourth-order valence-electron chi connectivity index (χ4n) is 2.78. The highest BCUT2D eigenvalue weighted by Gasteiger charge is 2.25. The van der Waals surface area contributed by atoms with Gasteiger partial charge in [0.05, 0.1) is 11.7 Å². The third-order valence-corrected chi connectivity index (χ3v) is 4.70. The Balaban J connectivity index is 2.30. The third-order valence-electron chi connectivity index (χ3n) is 3.84. The van der Waals surface area contributed by atoms with Gasteiger partial charge >= 0.3 is 0 Å². The molecule has 1 unspecified atom stereocenters. The van der Waals surface area contributed by atoms with Crippen molar-refractivity contribution in [1.82, 2.24) is 14.7 Å². The molecular formula is C16H26N4S. The average Bonchev–Trinajstić information content (AvgIpc) is 3.08. The van der Waals surface area contributed by atoms with Gasteiger partial charge in [0.2, 0.25) is 0 Å². The maximum Gasteiger partial charge on any atom is 0.0670 e. The van der Waals surface area contributed by atoms with Gasteiger partial charge in [0, 0.05) is 42.8 Å². The van der Waals surface area contributed by atoms with E-state index in [1.165, 1.54) is 10.4 Å². The van der Waals surface area contributed by atoms with Gasteiger partial charge in [-0.1, -0.05) is 13.0 Å². The number of nitrogens with two attached hydrogens (primary N) is 1. The van der Waals surface area contributed by atoms with E-state index in [9.17, 15) is 0 Å². The molecule has 0 bridgehead atoms. The summed E-state index contributed by atoms with van der Waals surface area (Å²) in [7, 11) is 1.98. The van der Waals surface area contributed by atoms with Crippen LogP contribution in [0.25, 0.3) is 0 Å². The summed E-state index contributed by atoms with van der Waals surface area (Å²) in [5.74, 6) is 0. The van der Waals surface area contributed by atoms with Crippen LogP contribution in [0.2, 0.25) is 0 Å². The van der Waals surface area contributed by atoms with E-state index in [1.807, 2.05) is 11.7 Å². The van der Waals surface area contributed by atoms with Gasteiger partial charge in [-0.2, -0.15) is 5.10 Å². The minimum atomic E-state index is 0.218. The van der Waals surface area contributed by atoms with Gasteiger partial charge in [0.25, 0.3) is 0 Å². The average molecular weight is 306 g/mol. The lowest BCUT2D eigenvalue weighted by atomic mass is 10.0. The molecule has 0 aliphatic heterocycles. The number of hydrogen-bond acceptors (Lipinski definition) is 4. The Hall–Kier alpha value is -1.17. The molecule has 4 nitrogen and oxygen atoms in total. The first kappa shape index (κ1) is 16.2. The number of aromatic nitrogens is 2. The van der Waals surface area contributed by atoms with Gasteiger partial charge in [0.15, 0.2) is 0 Å². The third kappa shape index (κ3) is 3.73. The number of aryl methyl sites for hydroxylation is 2. The van der Waals surface area contributed by atoms with E-state index in [0.717, 1.165) is 18.7 Å². The number of rotatable bonds is 7. The molecular weight excluding hydrogens is 280 g/mol. The van der Waals surface area contributed by atoms with E-state index in [0.29, 0.717) is 12.6 Å². The van der Waals surface area contributed by atoms with Crippen LogP contribution < -0.4 is 5.73 Å². The van der Waals surface area contributed by atoms with Crippen molar-refractivity contribution in [2.24, 2.45) is 12.8 Å². The Bertz CT molecular complexity index is 545. The van der Waals surface area contributed by atoms with Gasteiger partial charge < -0.3 is 5.73 Å². The fourth-order valence-corrected chi connectivity index (χ4v) is 3.49. The molecule has 0 spiro atoms. The molecule has 5 heteroatoms. The zero-order chi connectivity index (χ0) is 15.4. The lowest BCUT2D eigenvalue weighted by molar-refractivity contribution is 0.149. The molecule has 0 aliphatic carbocycles. The summed E-state index contributed by atoms with van der Waals surface area (Å²) in [5, 5.41) is 6.71. The predicted octanol–water partition coefficient (Wildman–Crippen LogP) is 2.95. The molecule has 2 heterocycles. The summed E-state index contributed by atoms with van der Waals surface area (Å²) in [6, 6.07) is 4.95. The van der Waals surface area contributed by atoms with Crippen molar-refractivity contribution in [3.63, 3.8) is 0 Å². The molecule has 0 radical (unpaired) electrons. The summed E-state index contributed by atoms with van der Waals surface area (Å²) in [6.07, 6.45) is 3.07. The largest absolute Gasteiger partial charge is 0.329 e. The van der Waals surface area contributed by atoms with E-state index in [2.05, 4.69) is 54.5 Å². The van der Waals surface area contributed by atoms with E-state index in [-0.39, 0.29) is 6.04 Å². The van der Waals surface area contributed by atoms with Gasteiger partial charge in [-0.05, 0) is 31.7 Å². The lowest BCUT2D eigenvalue weighted by Crippen LogP contribution is -2.38. The van der Waals surface area contributed by atoms with Crippen molar-refractivity contribution in [3.05, 3.63) is 39.8 Å². The zero-order valence-electron chi connectivity index (χ0n) is 13.4. The predicted molar refractivity (Wildman–Crippen MR) is 89.4 cm³/mol. The van der Waals surface area contributed by atoms with E-state index >= 15 is 0 Å². The van der Waals surface area contributed by atoms with Crippen molar-refractivity contribution in [2.45, 2.75) is 45.8 Å². The molecule has 2 aromatic rings. The minimum Gasteiger partial charge on any atom is -0.329 e. The van der Waals surface area contributed by atoms with Crippen LogP contribution in [0.4, 0.5) is 0 Å².